The van der Waals surface area contributed by atoms with E-state index in [-0.39, 0.29) is 5.75 Å². The highest BCUT2D eigenvalue weighted by molar-refractivity contribution is 14.1. The molecule has 2 N–H and O–H groups in total. The summed E-state index contributed by atoms with van der Waals surface area (Å²) in [6.07, 6.45) is 7.33. The predicted octanol–water partition coefficient (Wildman–Crippen LogP) is 4.83. The predicted molar refractivity (Wildman–Crippen MR) is 109 cm³/mol. The molecule has 0 bridgehead atoms. The van der Waals surface area contributed by atoms with Crippen molar-refractivity contribution in [3.63, 3.8) is 0 Å². The van der Waals surface area contributed by atoms with Crippen LogP contribution in [0.4, 0.5) is 22.0 Å². The second-order valence-corrected chi connectivity index (χ2v) is 7.10. The topological polar surface area (TPSA) is 72.0 Å². The second kappa shape index (κ2) is 9.29. The Balaban J connectivity index is 1.77. The molecule has 0 aliphatic heterocycles. The van der Waals surface area contributed by atoms with Crippen molar-refractivity contribution in [3.05, 3.63) is 29.8 Å². The summed E-state index contributed by atoms with van der Waals surface area (Å²) in [6, 6.07) is 5.06. The molecule has 1 fully saturated rings. The van der Waals surface area contributed by atoms with Gasteiger partial charge < -0.3 is 15.4 Å². The Labute approximate surface area is 166 Å². The first-order valence-corrected chi connectivity index (χ1v) is 10.4. The normalized spacial score (nSPS) is 15.3. The molecule has 1 aromatic heterocycles. The van der Waals surface area contributed by atoms with Gasteiger partial charge in [0.2, 0.25) is 11.9 Å². The van der Waals surface area contributed by atoms with Crippen LogP contribution in [0.3, 0.4) is 0 Å². The van der Waals surface area contributed by atoms with E-state index in [2.05, 4.69) is 48.2 Å². The number of methoxy groups -OCH3 is 1. The number of hydrogen-bond acceptors (Lipinski definition) is 6. The van der Waals surface area contributed by atoms with E-state index < -0.39 is 5.82 Å². The lowest BCUT2D eigenvalue weighted by atomic mass is 10.1. The number of alkyl halides is 1. The zero-order valence-electron chi connectivity index (χ0n) is 14.8. The fraction of sp³-hybridized carbons (Fsp3) is 0.500. The van der Waals surface area contributed by atoms with Gasteiger partial charge in [0.05, 0.1) is 11.5 Å². The molecule has 140 valence electrons. The van der Waals surface area contributed by atoms with Crippen molar-refractivity contribution in [1.29, 1.82) is 0 Å². The van der Waals surface area contributed by atoms with Crippen molar-refractivity contribution in [2.75, 3.05) is 17.7 Å². The van der Waals surface area contributed by atoms with Gasteiger partial charge in [0.1, 0.15) is 5.82 Å². The van der Waals surface area contributed by atoms with Gasteiger partial charge in [0.15, 0.2) is 11.6 Å². The van der Waals surface area contributed by atoms with Crippen LogP contribution < -0.4 is 15.4 Å². The first-order valence-electron chi connectivity index (χ1n) is 8.86. The minimum absolute atomic E-state index is 0.204. The molecule has 0 unspecified atom stereocenters. The number of nitrogens with zero attached hydrogens (tertiary/aromatic N) is 3. The van der Waals surface area contributed by atoms with E-state index in [1.54, 1.807) is 12.1 Å². The van der Waals surface area contributed by atoms with Crippen LogP contribution in [0.25, 0.3) is 0 Å². The van der Waals surface area contributed by atoms with Crippen LogP contribution in [0.15, 0.2) is 18.2 Å². The molecule has 0 amide bonds. The Kier molecular flexibility index (Phi) is 6.81. The second-order valence-electron chi connectivity index (χ2n) is 6.34. The fourth-order valence-electron chi connectivity index (χ4n) is 3.08. The summed E-state index contributed by atoms with van der Waals surface area (Å²) in [7, 11) is 1.44. The van der Waals surface area contributed by atoms with Gasteiger partial charge in [-0.05, 0) is 25.0 Å². The molecule has 0 saturated heterocycles. The summed E-state index contributed by atoms with van der Waals surface area (Å²) in [6.45, 7) is 0. The summed E-state index contributed by atoms with van der Waals surface area (Å²) in [4.78, 5) is 13.4. The maximum absolute atomic E-state index is 13.9. The van der Waals surface area contributed by atoms with Crippen LogP contribution in [-0.4, -0.2) is 28.1 Å². The highest BCUT2D eigenvalue weighted by Crippen LogP contribution is 2.24. The van der Waals surface area contributed by atoms with Crippen molar-refractivity contribution < 1.29 is 9.13 Å². The maximum atomic E-state index is 13.9. The first-order chi connectivity index (χ1) is 12.7. The van der Waals surface area contributed by atoms with Gasteiger partial charge in [-0.25, -0.2) is 4.39 Å². The minimum atomic E-state index is -0.433. The van der Waals surface area contributed by atoms with Gasteiger partial charge in [-0.3, -0.25) is 0 Å². The molecule has 0 spiro atoms. The summed E-state index contributed by atoms with van der Waals surface area (Å²) in [5.74, 6) is 1.45. The van der Waals surface area contributed by atoms with Gasteiger partial charge >= 0.3 is 0 Å². The summed E-state index contributed by atoms with van der Waals surface area (Å²) < 4.78 is 19.5. The molecule has 3 rings (SSSR count). The van der Waals surface area contributed by atoms with E-state index in [0.29, 0.717) is 33.9 Å². The Morgan fingerprint density at radius 3 is 2.50 bits per heavy atom. The van der Waals surface area contributed by atoms with E-state index >= 15 is 0 Å². The molecule has 1 saturated carbocycles. The SMILES string of the molecule is COc1ccc(Nc2nc(CI)nc(NC3CCCCCC3)n2)cc1F. The van der Waals surface area contributed by atoms with Crippen molar-refractivity contribution in [3.8, 4) is 5.75 Å². The Morgan fingerprint density at radius 2 is 1.85 bits per heavy atom. The van der Waals surface area contributed by atoms with Gasteiger partial charge in [0, 0.05) is 17.8 Å². The number of benzene rings is 1. The molecule has 1 aliphatic rings. The third-order valence-electron chi connectivity index (χ3n) is 4.40. The molecule has 1 aliphatic carbocycles. The molecule has 8 heteroatoms. The summed E-state index contributed by atoms with van der Waals surface area (Å²) >= 11 is 2.22. The number of aromatic nitrogens is 3. The maximum Gasteiger partial charge on any atom is 0.232 e. The smallest absolute Gasteiger partial charge is 0.232 e. The van der Waals surface area contributed by atoms with Crippen LogP contribution in [0, 0.1) is 5.82 Å². The Morgan fingerprint density at radius 1 is 1.12 bits per heavy atom. The summed E-state index contributed by atoms with van der Waals surface area (Å²) in [5, 5.41) is 6.51. The van der Waals surface area contributed by atoms with E-state index in [1.165, 1.54) is 38.9 Å². The monoisotopic (exact) mass is 471 g/mol. The number of nitrogens with one attached hydrogen (secondary N) is 2. The van der Waals surface area contributed by atoms with Crippen LogP contribution in [0.5, 0.6) is 5.75 Å². The van der Waals surface area contributed by atoms with E-state index in [9.17, 15) is 4.39 Å². The number of rotatable bonds is 6. The van der Waals surface area contributed by atoms with Crippen LogP contribution in [0.2, 0.25) is 0 Å². The van der Waals surface area contributed by atoms with E-state index in [0.717, 1.165) is 12.8 Å². The lowest BCUT2D eigenvalue weighted by Crippen LogP contribution is -2.21. The molecule has 0 atom stereocenters. The zero-order chi connectivity index (χ0) is 18.4. The van der Waals surface area contributed by atoms with Gasteiger partial charge in [-0.2, -0.15) is 15.0 Å². The molecule has 2 aromatic rings. The highest BCUT2D eigenvalue weighted by atomic mass is 127. The number of anilines is 3. The standard InChI is InChI=1S/C18H23FIN5O/c1-26-15-9-8-13(10-14(15)19)22-18-24-16(11-20)23-17(25-18)21-12-6-4-2-3-5-7-12/h8-10,12H,2-7,11H2,1H3,(H2,21,22,23,24,25). The first kappa shape index (κ1) is 19.1. The molecule has 1 aromatic carbocycles. The molecule has 1 heterocycles. The van der Waals surface area contributed by atoms with Crippen molar-refractivity contribution in [2.45, 2.75) is 49.0 Å². The van der Waals surface area contributed by atoms with Gasteiger partial charge in [-0.1, -0.05) is 48.3 Å². The molecular formula is C18H23FIN5O. The third-order valence-corrected chi connectivity index (χ3v) is 5.08. The quantitative estimate of drug-likeness (QED) is 0.357. The molecule has 26 heavy (non-hydrogen) atoms. The zero-order valence-corrected chi connectivity index (χ0v) is 16.9. The molecule has 0 radical (unpaired) electrons. The lowest BCUT2D eigenvalue weighted by molar-refractivity contribution is 0.386. The van der Waals surface area contributed by atoms with E-state index in [4.69, 9.17) is 4.74 Å². The Hall–Kier alpha value is -1.71. The van der Waals surface area contributed by atoms with E-state index in [1.807, 2.05) is 0 Å². The average molecular weight is 471 g/mol. The third kappa shape index (κ3) is 5.15. The van der Waals surface area contributed by atoms with Crippen molar-refractivity contribution >= 4 is 40.2 Å². The van der Waals surface area contributed by atoms with Crippen LogP contribution >= 0.6 is 22.6 Å². The van der Waals surface area contributed by atoms with Crippen LogP contribution in [0.1, 0.15) is 44.3 Å². The lowest BCUT2D eigenvalue weighted by Gasteiger charge is -2.17. The average Bonchev–Trinajstić information content (AvgIpc) is 2.90. The number of ether oxygens (including phenoxy) is 1. The highest BCUT2D eigenvalue weighted by Gasteiger charge is 2.15. The summed E-state index contributed by atoms with van der Waals surface area (Å²) in [5.41, 5.74) is 0.564. The number of halogens is 2. The van der Waals surface area contributed by atoms with Crippen molar-refractivity contribution in [1.82, 2.24) is 15.0 Å². The largest absolute Gasteiger partial charge is 0.494 e. The Bertz CT molecular complexity index is 738. The fourth-order valence-corrected chi connectivity index (χ4v) is 3.42. The van der Waals surface area contributed by atoms with Gasteiger partial charge in [-0.15, -0.1) is 0 Å². The molecular weight excluding hydrogens is 448 g/mol. The van der Waals surface area contributed by atoms with Crippen molar-refractivity contribution in [2.24, 2.45) is 0 Å². The van der Waals surface area contributed by atoms with Crippen LogP contribution in [-0.2, 0) is 4.43 Å². The molecule has 6 nitrogen and oxygen atoms in total. The minimum Gasteiger partial charge on any atom is -0.494 e. The van der Waals surface area contributed by atoms with Gasteiger partial charge in [0.25, 0.3) is 0 Å². The number of hydrogen-bond donors (Lipinski definition) is 2.